The summed E-state index contributed by atoms with van der Waals surface area (Å²) < 4.78 is 37.2. The molecule has 12 heterocycles. The highest BCUT2D eigenvalue weighted by Gasteiger charge is 2.41. The number of carbonyl (C=O) groups excluding carboxylic acids is 1. The van der Waals surface area contributed by atoms with Crippen molar-refractivity contribution in [1.82, 2.24) is 68.7 Å². The Hall–Kier alpha value is -1.34. The van der Waals surface area contributed by atoms with Crippen LogP contribution in [0.3, 0.4) is 0 Å². The summed E-state index contributed by atoms with van der Waals surface area (Å²) in [6.45, 7) is 29.4. The van der Waals surface area contributed by atoms with Gasteiger partial charge in [-0.15, -0.1) is 0 Å². The van der Waals surface area contributed by atoms with Gasteiger partial charge in [0.1, 0.15) is 12.8 Å². The highest BCUT2D eigenvalue weighted by molar-refractivity contribution is 8.00. The molecule has 12 saturated heterocycles. The zero-order valence-electron chi connectivity index (χ0n) is 42.0. The molecular formula is C47H100FN13O5S. The first-order valence-electron chi connectivity index (χ1n) is 26.3. The van der Waals surface area contributed by atoms with Crippen LogP contribution in [-0.4, -0.2) is 241 Å². The second-order valence-electron chi connectivity index (χ2n) is 19.0. The van der Waals surface area contributed by atoms with E-state index in [2.05, 4.69) is 86.4 Å². The first kappa shape index (κ1) is 60.0. The van der Waals surface area contributed by atoms with Crippen LogP contribution in [0.2, 0.25) is 0 Å². The minimum absolute atomic E-state index is 0.296. The molecule has 12 N–H and O–H groups in total. The third-order valence-electron chi connectivity index (χ3n) is 12.8. The summed E-state index contributed by atoms with van der Waals surface area (Å²) in [7, 11) is 0.508. The maximum absolute atomic E-state index is 11.5. The molecule has 67 heavy (non-hydrogen) atoms. The maximum Gasteiger partial charge on any atom is 0.407 e. The van der Waals surface area contributed by atoms with Gasteiger partial charge in [0, 0.05) is 129 Å². The fraction of sp³-hybridized carbons (Fsp3) is 0.957. The highest BCUT2D eigenvalue weighted by Crippen LogP contribution is 2.43. The zero-order chi connectivity index (χ0) is 47.8. The normalized spacial score (nSPS) is 27.9. The van der Waals surface area contributed by atoms with Crippen molar-refractivity contribution < 1.29 is 27.6 Å². The quantitative estimate of drug-likeness (QED) is 0.130. The number of nitrogens with one attached hydrogen (secondary N) is 12. The van der Waals surface area contributed by atoms with Crippen LogP contribution < -0.4 is 63.8 Å². The first-order valence-corrected chi connectivity index (χ1v) is 28.4. The lowest BCUT2D eigenvalue weighted by Crippen LogP contribution is -2.57. The maximum atomic E-state index is 11.5. The molecule has 1 spiro atoms. The molecule has 13 rings (SSSR count). The fourth-order valence-electron chi connectivity index (χ4n) is 7.64. The summed E-state index contributed by atoms with van der Waals surface area (Å²) in [6, 6.07) is 0.699. The van der Waals surface area contributed by atoms with E-state index < -0.39 is 15.7 Å². The van der Waals surface area contributed by atoms with E-state index in [9.17, 15) is 13.4 Å². The van der Waals surface area contributed by atoms with Gasteiger partial charge in [-0.25, -0.2) is 9.18 Å². The number of alkyl carbamates (subject to hydrolysis) is 1. The Labute approximate surface area is 406 Å². The average molecular weight is 978 g/mol. The molecule has 0 unspecified atom stereocenters. The number of piperidine rings is 1. The molecule has 2 atom stereocenters. The Bertz CT molecular complexity index is 1120. The molecule has 0 radical (unpaired) electrons. The molecule has 0 aromatic rings. The topological polar surface area (TPSA) is 209 Å². The van der Waals surface area contributed by atoms with E-state index in [0.717, 1.165) is 109 Å². The van der Waals surface area contributed by atoms with E-state index in [0.29, 0.717) is 38.4 Å². The summed E-state index contributed by atoms with van der Waals surface area (Å²) in [5, 5.41) is 37.5. The van der Waals surface area contributed by atoms with Gasteiger partial charge >= 0.3 is 6.09 Å². The van der Waals surface area contributed by atoms with Crippen molar-refractivity contribution in [2.24, 2.45) is 5.41 Å². The summed E-state index contributed by atoms with van der Waals surface area (Å²) in [6.07, 6.45) is 13.8. The van der Waals surface area contributed by atoms with E-state index in [1.54, 1.807) is 0 Å². The third-order valence-corrected chi connectivity index (χ3v) is 14.7. The van der Waals surface area contributed by atoms with Gasteiger partial charge in [-0.1, -0.05) is 12.8 Å². The minimum Gasteiger partial charge on any atom is -0.448 e. The lowest BCUT2D eigenvalue weighted by Gasteiger charge is -2.49. The van der Waals surface area contributed by atoms with Crippen molar-refractivity contribution in [3.05, 3.63) is 0 Å². The number of cyclic esters (lactones) is 1. The lowest BCUT2D eigenvalue weighted by atomic mass is 9.65. The molecule has 13 aliphatic rings. The summed E-state index contributed by atoms with van der Waals surface area (Å²) in [5.41, 5.74) is 0.833. The largest absolute Gasteiger partial charge is 0.448 e. The van der Waals surface area contributed by atoms with Crippen molar-refractivity contribution in [3.63, 3.8) is 0 Å². The minimum atomic E-state index is -1.65. The van der Waals surface area contributed by atoms with Gasteiger partial charge < -0.3 is 82.9 Å². The van der Waals surface area contributed by atoms with E-state index in [-0.39, 0.29) is 6.09 Å². The Kier molecular flexibility index (Phi) is 36.0. The number of piperazine rings is 2. The number of morpholine rings is 2. The predicted octanol–water partition coefficient (Wildman–Crippen LogP) is -1.12. The SMILES string of the molecule is C1CC2(C1)CNC2.C1CCNC1.C1CCNCC1.C1CNC1.C1CNCCN1.C1COCCN1.C1O[C@@H]2CN[C@H]1C2.C=S1(=O)CCNCC1.CN1CCNCC1.FC1CNC1.O=C1NCCO1. The first-order chi connectivity index (χ1) is 32.8. The van der Waals surface area contributed by atoms with Gasteiger partial charge in [0.25, 0.3) is 0 Å². The van der Waals surface area contributed by atoms with Gasteiger partial charge in [0.2, 0.25) is 0 Å². The van der Waals surface area contributed by atoms with Crippen LogP contribution >= 0.6 is 0 Å². The molecule has 1 aliphatic carbocycles. The number of carbonyl (C=O) groups is 1. The number of rotatable bonds is 0. The number of halogens is 1. The highest BCUT2D eigenvalue weighted by atomic mass is 32.2. The molecule has 18 nitrogen and oxygen atoms in total. The molecule has 1 saturated carbocycles. The number of nitrogens with zero attached hydrogens (tertiary/aromatic N) is 1. The monoisotopic (exact) mass is 978 g/mol. The molecule has 0 aromatic heterocycles. The van der Waals surface area contributed by atoms with Gasteiger partial charge in [-0.3, -0.25) is 4.21 Å². The van der Waals surface area contributed by atoms with Crippen molar-refractivity contribution in [2.45, 2.75) is 82.5 Å². The molecule has 13 fully saturated rings. The fourth-order valence-corrected chi connectivity index (χ4v) is 8.88. The van der Waals surface area contributed by atoms with Crippen molar-refractivity contribution in [3.8, 4) is 0 Å². The van der Waals surface area contributed by atoms with Crippen LogP contribution in [0.4, 0.5) is 9.18 Å². The number of amides is 1. The second kappa shape index (κ2) is 40.3. The van der Waals surface area contributed by atoms with Gasteiger partial charge in [0.15, 0.2) is 0 Å². The van der Waals surface area contributed by atoms with Crippen LogP contribution in [0.25, 0.3) is 0 Å². The van der Waals surface area contributed by atoms with Crippen LogP contribution in [0.5, 0.6) is 0 Å². The molecule has 0 aromatic carbocycles. The molecular weight excluding hydrogens is 878 g/mol. The van der Waals surface area contributed by atoms with E-state index in [4.69, 9.17) is 9.47 Å². The number of alkyl halides is 1. The van der Waals surface area contributed by atoms with Gasteiger partial charge in [-0.05, 0) is 118 Å². The Morgan fingerprint density at radius 1 is 0.597 bits per heavy atom. The molecule has 2 bridgehead atoms. The Morgan fingerprint density at radius 2 is 1.09 bits per heavy atom. The Balaban J connectivity index is 0.000000196. The zero-order valence-corrected chi connectivity index (χ0v) is 42.8. The van der Waals surface area contributed by atoms with Crippen LogP contribution in [-0.2, 0) is 23.7 Å². The average Bonchev–Trinajstić information content (AvgIpc) is 4.18. The second-order valence-corrected chi connectivity index (χ2v) is 21.7. The predicted molar refractivity (Wildman–Crippen MR) is 276 cm³/mol. The summed E-state index contributed by atoms with van der Waals surface area (Å²) >= 11 is 0. The summed E-state index contributed by atoms with van der Waals surface area (Å²) in [5.74, 6) is 5.13. The number of hydrogen-bond acceptors (Lipinski definition) is 17. The lowest BCUT2D eigenvalue weighted by molar-refractivity contribution is 0.0603. The van der Waals surface area contributed by atoms with Gasteiger partial charge in [0.05, 0.1) is 32.5 Å². The van der Waals surface area contributed by atoms with E-state index in [1.807, 2.05) is 0 Å². The van der Waals surface area contributed by atoms with Crippen molar-refractivity contribution in [1.29, 1.82) is 0 Å². The van der Waals surface area contributed by atoms with Crippen LogP contribution in [0, 0.1) is 5.41 Å². The van der Waals surface area contributed by atoms with E-state index in [1.165, 1.54) is 130 Å². The van der Waals surface area contributed by atoms with Crippen LogP contribution in [0.1, 0.15) is 64.2 Å². The van der Waals surface area contributed by atoms with Crippen molar-refractivity contribution in [2.75, 3.05) is 202 Å². The summed E-state index contributed by atoms with van der Waals surface area (Å²) in [4.78, 5) is 12.2. The number of hydrogen-bond donors (Lipinski definition) is 12. The number of fused-ring (bicyclic) bond motifs is 2. The number of likely N-dealkylation sites (N-methyl/N-ethyl adjacent to an activating group) is 1. The molecule has 396 valence electrons. The van der Waals surface area contributed by atoms with Crippen molar-refractivity contribution >= 4 is 21.5 Å². The number of ether oxygens (including phenoxy) is 3. The molecule has 20 heteroatoms. The van der Waals surface area contributed by atoms with Gasteiger partial charge in [-0.2, -0.15) is 0 Å². The molecule has 1 amide bonds. The molecule has 12 aliphatic heterocycles. The van der Waals surface area contributed by atoms with E-state index >= 15 is 0 Å². The third kappa shape index (κ3) is 33.8. The smallest absolute Gasteiger partial charge is 0.407 e. The standard InChI is InChI=1S/C6H11N.C5H12N2.C5H11NOS.C5H9NO.C5H11N.C4H10N2.C4H9NO.C4H9N.C3H6FN.C3H5NO2.C3H7N/c1-2-6(3-1)4-7-5-6;1-7-4-2-6-3-5-7;1-8(7)4-2-6-3-5-8;1-4-3-7-5(1)2-6-4;1-2-4-6-5-3-1;1-2-6-4-3-5-1;1-3-6-4-2-5-1;1-2-4-5-3-1;4-3-1-5-2-3;5-3-4-1-2-6-3;1-2-4-3-1/h7H,1-5H2;6H,2-5H2,1H3;6H,1-5H2;4-6H,1-3H2;6H,1-5H2;5-6H,1-4H2;5H,1-4H2;5H,1-4H2;3,5H,1-2H2;1-2H2,(H,4,5);4H,1-3H2/t;;;4-,5-;;;;;;;/m...0......./s1. The Morgan fingerprint density at radius 3 is 1.24 bits per heavy atom. The van der Waals surface area contributed by atoms with Crippen LogP contribution in [0.15, 0.2) is 0 Å².